The first-order chi connectivity index (χ1) is 7.44. The number of Topliss-reactive ketones (excluding diaryl/α,β-unsaturated/α-hetero) is 1. The van der Waals surface area contributed by atoms with Gasteiger partial charge in [-0.1, -0.05) is 0 Å². The largest absolute Gasteiger partial charge is 0.384 e. The van der Waals surface area contributed by atoms with Gasteiger partial charge in [-0.05, 0) is 19.1 Å². The highest BCUT2D eigenvalue weighted by Gasteiger charge is 2.18. The molecule has 0 N–H and O–H groups in total. The molecule has 1 rings (SSSR count). The van der Waals surface area contributed by atoms with Gasteiger partial charge in [-0.25, -0.2) is 8.42 Å². The summed E-state index contributed by atoms with van der Waals surface area (Å²) in [5.74, 6) is -0.884. The first kappa shape index (κ1) is 13.3. The molecule has 4 nitrogen and oxygen atoms in total. The molecule has 0 bridgehead atoms. The lowest BCUT2D eigenvalue weighted by atomic mass is 10.3. The second kappa shape index (κ2) is 5.56. The summed E-state index contributed by atoms with van der Waals surface area (Å²) in [7, 11) is -1.92. The summed E-state index contributed by atoms with van der Waals surface area (Å²) in [6.07, 6.45) is 0. The minimum atomic E-state index is -3.35. The van der Waals surface area contributed by atoms with E-state index in [0.29, 0.717) is 4.88 Å². The van der Waals surface area contributed by atoms with Crippen LogP contribution in [0.5, 0.6) is 0 Å². The van der Waals surface area contributed by atoms with Crippen LogP contribution in [0.3, 0.4) is 0 Å². The molecular formula is C10H14O4S2. The Kier molecular flexibility index (Phi) is 4.64. The molecule has 0 aliphatic carbocycles. The zero-order chi connectivity index (χ0) is 12.2. The number of rotatable bonds is 6. The molecule has 1 aromatic rings. The molecule has 0 aliphatic heterocycles. The van der Waals surface area contributed by atoms with Gasteiger partial charge in [-0.2, -0.15) is 0 Å². The van der Waals surface area contributed by atoms with Crippen LogP contribution in [0, 0.1) is 6.92 Å². The minimum absolute atomic E-state index is 0.112. The van der Waals surface area contributed by atoms with Crippen molar-refractivity contribution in [3.05, 3.63) is 21.9 Å². The summed E-state index contributed by atoms with van der Waals surface area (Å²) in [5.41, 5.74) is 0. The predicted molar refractivity (Wildman–Crippen MR) is 63.9 cm³/mol. The third-order valence-corrected chi connectivity index (χ3v) is 4.50. The lowest BCUT2D eigenvalue weighted by Gasteiger charge is -2.01. The van der Waals surface area contributed by atoms with Gasteiger partial charge in [0.25, 0.3) is 0 Å². The molecule has 16 heavy (non-hydrogen) atoms. The molecule has 0 saturated heterocycles. The number of carbonyl (C=O) groups is 1. The predicted octanol–water partition coefficient (Wildman–Crippen LogP) is 1.30. The number of sulfone groups is 1. The average Bonchev–Trinajstić information content (AvgIpc) is 2.61. The zero-order valence-corrected chi connectivity index (χ0v) is 10.9. The molecule has 0 unspecified atom stereocenters. The fourth-order valence-electron chi connectivity index (χ4n) is 1.14. The van der Waals surface area contributed by atoms with Crippen LogP contribution in [-0.2, 0) is 14.6 Å². The molecule has 6 heteroatoms. The maximum Gasteiger partial charge on any atom is 0.187 e. The van der Waals surface area contributed by atoms with E-state index in [0.717, 1.165) is 4.88 Å². The monoisotopic (exact) mass is 262 g/mol. The van der Waals surface area contributed by atoms with Crippen molar-refractivity contribution in [3.8, 4) is 0 Å². The van der Waals surface area contributed by atoms with E-state index in [1.54, 1.807) is 12.1 Å². The van der Waals surface area contributed by atoms with Crippen LogP contribution in [0.15, 0.2) is 12.1 Å². The highest BCUT2D eigenvalue weighted by molar-refractivity contribution is 7.92. The maximum atomic E-state index is 11.6. The fourth-order valence-corrected chi connectivity index (χ4v) is 3.15. The molecule has 0 fully saturated rings. The first-order valence-electron chi connectivity index (χ1n) is 4.73. The summed E-state index contributed by atoms with van der Waals surface area (Å²) in [6, 6.07) is 3.47. The third-order valence-electron chi connectivity index (χ3n) is 1.96. The Hall–Kier alpha value is -0.720. The van der Waals surface area contributed by atoms with Gasteiger partial charge >= 0.3 is 0 Å². The Labute approximate surface area is 99.2 Å². The van der Waals surface area contributed by atoms with Gasteiger partial charge < -0.3 is 4.74 Å². The molecule has 0 amide bonds. The highest BCUT2D eigenvalue weighted by Crippen LogP contribution is 2.16. The van der Waals surface area contributed by atoms with Crippen molar-refractivity contribution in [2.45, 2.75) is 6.92 Å². The number of aryl methyl sites for hydroxylation is 1. The average molecular weight is 262 g/mol. The molecule has 0 radical (unpaired) electrons. The van der Waals surface area contributed by atoms with E-state index in [9.17, 15) is 13.2 Å². The van der Waals surface area contributed by atoms with Gasteiger partial charge in [-0.15, -0.1) is 11.3 Å². The van der Waals surface area contributed by atoms with Crippen molar-refractivity contribution in [1.82, 2.24) is 0 Å². The number of hydrogen-bond acceptors (Lipinski definition) is 5. The molecule has 0 spiro atoms. The second-order valence-electron chi connectivity index (χ2n) is 3.42. The smallest absolute Gasteiger partial charge is 0.187 e. The second-order valence-corrected chi connectivity index (χ2v) is 6.89. The molecule has 0 saturated carbocycles. The molecule has 0 atom stereocenters. The summed E-state index contributed by atoms with van der Waals surface area (Å²) in [4.78, 5) is 13.1. The Morgan fingerprint density at radius 2 is 2.12 bits per heavy atom. The van der Waals surface area contributed by atoms with Crippen LogP contribution in [-0.4, -0.2) is 39.4 Å². The summed E-state index contributed by atoms with van der Waals surface area (Å²) >= 11 is 1.32. The van der Waals surface area contributed by atoms with Crippen LogP contribution in [0.25, 0.3) is 0 Å². The Morgan fingerprint density at radius 3 is 2.62 bits per heavy atom. The number of methoxy groups -OCH3 is 1. The lowest BCUT2D eigenvalue weighted by Crippen LogP contribution is -2.20. The number of carbonyl (C=O) groups excluding carboxylic acids is 1. The van der Waals surface area contributed by atoms with Crippen LogP contribution >= 0.6 is 11.3 Å². The SMILES string of the molecule is COCCS(=O)(=O)CC(=O)c1ccc(C)s1. The first-order valence-corrected chi connectivity index (χ1v) is 7.37. The Bertz CT molecular complexity index is 459. The van der Waals surface area contributed by atoms with Gasteiger partial charge in [0.15, 0.2) is 15.6 Å². The minimum Gasteiger partial charge on any atom is -0.384 e. The van der Waals surface area contributed by atoms with Gasteiger partial charge in [0.1, 0.15) is 5.75 Å². The highest BCUT2D eigenvalue weighted by atomic mass is 32.2. The van der Waals surface area contributed by atoms with E-state index in [2.05, 4.69) is 4.74 Å². The van der Waals surface area contributed by atoms with Gasteiger partial charge in [0.05, 0.1) is 17.2 Å². The van der Waals surface area contributed by atoms with Crippen molar-refractivity contribution < 1.29 is 17.9 Å². The fraction of sp³-hybridized carbons (Fsp3) is 0.500. The Balaban J connectivity index is 2.64. The molecular weight excluding hydrogens is 248 g/mol. The number of thiophene rings is 1. The quantitative estimate of drug-likeness (QED) is 0.725. The lowest BCUT2D eigenvalue weighted by molar-refractivity contribution is 0.102. The van der Waals surface area contributed by atoms with E-state index in [-0.39, 0.29) is 18.1 Å². The number of hydrogen-bond donors (Lipinski definition) is 0. The van der Waals surface area contributed by atoms with E-state index >= 15 is 0 Å². The molecule has 90 valence electrons. The van der Waals surface area contributed by atoms with Crippen molar-refractivity contribution in [2.75, 3.05) is 25.2 Å². The van der Waals surface area contributed by atoms with E-state index in [4.69, 9.17) is 0 Å². The van der Waals surface area contributed by atoms with Gasteiger partial charge in [0.2, 0.25) is 0 Å². The van der Waals surface area contributed by atoms with Crippen molar-refractivity contribution >= 4 is 27.0 Å². The molecule has 1 heterocycles. The van der Waals surface area contributed by atoms with Crippen molar-refractivity contribution in [3.63, 3.8) is 0 Å². The van der Waals surface area contributed by atoms with E-state index < -0.39 is 15.6 Å². The summed E-state index contributed by atoms with van der Waals surface area (Å²) in [5, 5.41) is 0. The van der Waals surface area contributed by atoms with E-state index in [1.807, 2.05) is 6.92 Å². The molecule has 0 aliphatic rings. The summed E-state index contributed by atoms with van der Waals surface area (Å²) < 4.78 is 27.6. The van der Waals surface area contributed by atoms with Gasteiger partial charge in [-0.3, -0.25) is 4.79 Å². The maximum absolute atomic E-state index is 11.6. The normalized spacial score (nSPS) is 11.6. The van der Waals surface area contributed by atoms with Crippen LogP contribution < -0.4 is 0 Å². The topological polar surface area (TPSA) is 60.4 Å². The van der Waals surface area contributed by atoms with E-state index in [1.165, 1.54) is 18.4 Å². The van der Waals surface area contributed by atoms with Crippen LogP contribution in [0.4, 0.5) is 0 Å². The van der Waals surface area contributed by atoms with Crippen LogP contribution in [0.2, 0.25) is 0 Å². The van der Waals surface area contributed by atoms with Crippen molar-refractivity contribution in [2.24, 2.45) is 0 Å². The number of ketones is 1. The summed E-state index contributed by atoms with van der Waals surface area (Å²) in [6.45, 7) is 2.00. The van der Waals surface area contributed by atoms with Gasteiger partial charge in [0, 0.05) is 12.0 Å². The molecule has 1 aromatic heterocycles. The third kappa shape index (κ3) is 4.03. The zero-order valence-electron chi connectivity index (χ0n) is 9.23. The Morgan fingerprint density at radius 1 is 1.44 bits per heavy atom. The number of ether oxygens (including phenoxy) is 1. The van der Waals surface area contributed by atoms with Crippen molar-refractivity contribution in [1.29, 1.82) is 0 Å². The standard InChI is InChI=1S/C10H14O4S2/c1-8-3-4-10(15-8)9(11)7-16(12,13)6-5-14-2/h3-4H,5-7H2,1-2H3. The molecule has 0 aromatic carbocycles. The van der Waals surface area contributed by atoms with Crippen LogP contribution in [0.1, 0.15) is 14.5 Å².